The maximum absolute atomic E-state index is 12.9. The highest BCUT2D eigenvalue weighted by molar-refractivity contribution is 5.95. The number of amides is 1. The highest BCUT2D eigenvalue weighted by atomic mass is 19.1. The van der Waals surface area contributed by atoms with Crippen molar-refractivity contribution >= 4 is 11.6 Å². The first-order valence-electron chi connectivity index (χ1n) is 6.26. The van der Waals surface area contributed by atoms with Crippen molar-refractivity contribution in [3.8, 4) is 0 Å². The molecule has 2 rings (SSSR count). The molecule has 0 aromatic heterocycles. The molecule has 0 bridgehead atoms. The van der Waals surface area contributed by atoms with Crippen molar-refractivity contribution in [3.63, 3.8) is 0 Å². The third-order valence-electron chi connectivity index (χ3n) is 3.25. The Hall–Kier alpha value is -1.71. The summed E-state index contributed by atoms with van der Waals surface area (Å²) in [5, 5.41) is 4.12. The van der Waals surface area contributed by atoms with Crippen LogP contribution in [0.4, 0.5) is 4.39 Å². The minimum Gasteiger partial charge on any atom is -0.267 e. The Kier molecular flexibility index (Phi) is 4.07. The Bertz CT molecular complexity index is 461. The molecule has 0 heterocycles. The van der Waals surface area contributed by atoms with Crippen molar-refractivity contribution in [1.29, 1.82) is 0 Å². The highest BCUT2D eigenvalue weighted by Gasteiger charge is 2.14. The summed E-state index contributed by atoms with van der Waals surface area (Å²) < 4.78 is 12.9. The molecule has 96 valence electrons. The molecule has 4 heteroatoms. The molecule has 0 aliphatic heterocycles. The van der Waals surface area contributed by atoms with Crippen LogP contribution in [0.15, 0.2) is 29.4 Å². The summed E-state index contributed by atoms with van der Waals surface area (Å²) in [7, 11) is 0. The van der Waals surface area contributed by atoms with E-state index in [2.05, 4.69) is 17.5 Å². The molecule has 0 saturated heterocycles. The van der Waals surface area contributed by atoms with Gasteiger partial charge in [0.15, 0.2) is 0 Å². The topological polar surface area (TPSA) is 41.5 Å². The van der Waals surface area contributed by atoms with Crippen molar-refractivity contribution in [1.82, 2.24) is 5.43 Å². The second-order valence-electron chi connectivity index (χ2n) is 4.81. The number of benzene rings is 1. The van der Waals surface area contributed by atoms with E-state index in [9.17, 15) is 9.18 Å². The van der Waals surface area contributed by atoms with E-state index in [0.717, 1.165) is 37.3 Å². The van der Waals surface area contributed by atoms with E-state index in [4.69, 9.17) is 0 Å². The van der Waals surface area contributed by atoms with Crippen LogP contribution in [0.25, 0.3) is 0 Å². The van der Waals surface area contributed by atoms with Crippen LogP contribution in [0.2, 0.25) is 0 Å². The lowest BCUT2D eigenvalue weighted by molar-refractivity contribution is 0.0954. The van der Waals surface area contributed by atoms with Crippen LogP contribution in [0.5, 0.6) is 0 Å². The number of halogens is 1. The minimum atomic E-state index is -0.415. The van der Waals surface area contributed by atoms with E-state index in [1.165, 1.54) is 18.2 Å². The normalized spacial score (nSPS) is 19.4. The van der Waals surface area contributed by atoms with E-state index in [1.54, 1.807) is 6.07 Å². The lowest BCUT2D eigenvalue weighted by Crippen LogP contribution is -2.21. The zero-order chi connectivity index (χ0) is 13.0. The number of nitrogens with one attached hydrogen (secondary N) is 1. The molecule has 1 aliphatic carbocycles. The number of rotatable bonds is 2. The number of nitrogens with zero attached hydrogens (tertiary/aromatic N) is 1. The highest BCUT2D eigenvalue weighted by Crippen LogP contribution is 2.21. The Balaban J connectivity index is 1.94. The Morgan fingerprint density at radius 2 is 2.11 bits per heavy atom. The maximum Gasteiger partial charge on any atom is 0.271 e. The zero-order valence-electron chi connectivity index (χ0n) is 10.4. The molecule has 0 spiro atoms. The van der Waals surface area contributed by atoms with Gasteiger partial charge in [-0.15, -0.1) is 0 Å². The van der Waals surface area contributed by atoms with E-state index >= 15 is 0 Å². The predicted molar refractivity (Wildman–Crippen MR) is 68.9 cm³/mol. The van der Waals surface area contributed by atoms with Crippen LogP contribution < -0.4 is 5.43 Å². The number of hydrogen-bond donors (Lipinski definition) is 1. The fourth-order valence-electron chi connectivity index (χ4n) is 2.03. The summed E-state index contributed by atoms with van der Waals surface area (Å²) in [6.45, 7) is 2.22. The Morgan fingerprint density at radius 3 is 2.78 bits per heavy atom. The van der Waals surface area contributed by atoms with Crippen molar-refractivity contribution in [2.24, 2.45) is 11.0 Å². The molecule has 18 heavy (non-hydrogen) atoms. The molecule has 1 aromatic carbocycles. The quantitative estimate of drug-likeness (QED) is 0.803. The van der Waals surface area contributed by atoms with Gasteiger partial charge < -0.3 is 0 Å². The van der Waals surface area contributed by atoms with E-state index in [0.29, 0.717) is 5.56 Å². The summed E-state index contributed by atoms with van der Waals surface area (Å²) in [6, 6.07) is 5.60. The van der Waals surface area contributed by atoms with E-state index in [1.807, 2.05) is 0 Å². The van der Waals surface area contributed by atoms with Crippen LogP contribution in [-0.4, -0.2) is 11.6 Å². The van der Waals surface area contributed by atoms with Gasteiger partial charge in [0.2, 0.25) is 0 Å². The van der Waals surface area contributed by atoms with Gasteiger partial charge in [0.25, 0.3) is 5.91 Å². The lowest BCUT2D eigenvalue weighted by Gasteiger charge is -2.18. The van der Waals surface area contributed by atoms with Crippen molar-refractivity contribution in [2.75, 3.05) is 0 Å². The molecule has 0 unspecified atom stereocenters. The van der Waals surface area contributed by atoms with Crippen LogP contribution in [0.1, 0.15) is 43.0 Å². The molecule has 1 aromatic rings. The Morgan fingerprint density at radius 1 is 1.39 bits per heavy atom. The summed E-state index contributed by atoms with van der Waals surface area (Å²) >= 11 is 0. The summed E-state index contributed by atoms with van der Waals surface area (Å²) in [5.74, 6) is -0.0368. The summed E-state index contributed by atoms with van der Waals surface area (Å²) in [6.07, 6.45) is 4.11. The first kappa shape index (κ1) is 12.7. The van der Waals surface area contributed by atoms with Gasteiger partial charge in [-0.25, -0.2) is 9.82 Å². The second kappa shape index (κ2) is 5.76. The number of hydrogen-bond acceptors (Lipinski definition) is 2. The van der Waals surface area contributed by atoms with Gasteiger partial charge in [-0.2, -0.15) is 5.10 Å². The zero-order valence-corrected chi connectivity index (χ0v) is 10.4. The van der Waals surface area contributed by atoms with Crippen molar-refractivity contribution in [3.05, 3.63) is 35.6 Å². The van der Waals surface area contributed by atoms with E-state index in [-0.39, 0.29) is 5.91 Å². The average molecular weight is 248 g/mol. The largest absolute Gasteiger partial charge is 0.271 e. The third-order valence-corrected chi connectivity index (χ3v) is 3.25. The predicted octanol–water partition coefficient (Wildman–Crippen LogP) is 3.12. The number of hydrazone groups is 1. The standard InChI is InChI=1S/C14H17FN2O/c1-10-5-7-13(8-6-10)16-17-14(18)11-3-2-4-12(15)9-11/h2-4,9-10H,5-8H2,1H3,(H,17,18). The molecule has 1 amide bonds. The van der Waals surface area contributed by atoms with Gasteiger partial charge in [-0.1, -0.05) is 13.0 Å². The number of carbonyl (C=O) groups excluding carboxylic acids is 1. The van der Waals surface area contributed by atoms with Gasteiger partial charge in [-0.05, 0) is 49.8 Å². The molecular formula is C14H17FN2O. The molecule has 0 atom stereocenters. The van der Waals surface area contributed by atoms with Crippen LogP contribution >= 0.6 is 0 Å². The van der Waals surface area contributed by atoms with Gasteiger partial charge in [-0.3, -0.25) is 4.79 Å². The second-order valence-corrected chi connectivity index (χ2v) is 4.81. The van der Waals surface area contributed by atoms with E-state index < -0.39 is 5.82 Å². The smallest absolute Gasteiger partial charge is 0.267 e. The van der Waals surface area contributed by atoms with Crippen LogP contribution in [-0.2, 0) is 0 Å². The minimum absolute atomic E-state index is 0.295. The molecule has 1 N–H and O–H groups in total. The van der Waals surface area contributed by atoms with Gasteiger partial charge >= 0.3 is 0 Å². The fourth-order valence-corrected chi connectivity index (χ4v) is 2.03. The molecule has 1 fully saturated rings. The monoisotopic (exact) mass is 248 g/mol. The molecule has 1 aliphatic rings. The third kappa shape index (κ3) is 3.39. The van der Waals surface area contributed by atoms with Gasteiger partial charge in [0.05, 0.1) is 0 Å². The first-order valence-corrected chi connectivity index (χ1v) is 6.26. The summed E-state index contributed by atoms with van der Waals surface area (Å²) in [4.78, 5) is 11.7. The molecule has 3 nitrogen and oxygen atoms in total. The fraction of sp³-hybridized carbons (Fsp3) is 0.429. The van der Waals surface area contributed by atoms with Crippen molar-refractivity contribution < 1.29 is 9.18 Å². The molecular weight excluding hydrogens is 231 g/mol. The average Bonchev–Trinajstić information content (AvgIpc) is 2.38. The molecule has 1 saturated carbocycles. The van der Waals surface area contributed by atoms with Crippen LogP contribution in [0.3, 0.4) is 0 Å². The number of carbonyl (C=O) groups is 1. The van der Waals surface area contributed by atoms with Crippen molar-refractivity contribution in [2.45, 2.75) is 32.6 Å². The molecule has 0 radical (unpaired) electrons. The van der Waals surface area contributed by atoms with Gasteiger partial charge in [0, 0.05) is 11.3 Å². The maximum atomic E-state index is 12.9. The SMILES string of the molecule is CC1CCC(=NNC(=O)c2cccc(F)c2)CC1. The first-order chi connectivity index (χ1) is 8.65. The van der Waals surface area contributed by atoms with Crippen LogP contribution in [0, 0.1) is 11.7 Å². The van der Waals surface area contributed by atoms with Gasteiger partial charge in [0.1, 0.15) is 5.82 Å². The summed E-state index contributed by atoms with van der Waals surface area (Å²) in [5.41, 5.74) is 3.81. The Labute approximate surface area is 106 Å². The lowest BCUT2D eigenvalue weighted by atomic mass is 9.90.